The highest BCUT2D eigenvalue weighted by Gasteiger charge is 2.31. The van der Waals surface area contributed by atoms with Gasteiger partial charge in [0.1, 0.15) is 0 Å². The molecule has 0 saturated heterocycles. The second kappa shape index (κ2) is 9.76. The second-order valence-electron chi connectivity index (χ2n) is 6.96. The van der Waals surface area contributed by atoms with E-state index in [-0.39, 0.29) is 22.5 Å². The smallest absolute Gasteiger partial charge is 0.325 e. The van der Waals surface area contributed by atoms with E-state index in [0.29, 0.717) is 22.6 Å². The molecule has 2 heterocycles. The number of thioether (sulfide) groups is 1. The van der Waals surface area contributed by atoms with Crippen molar-refractivity contribution in [1.82, 2.24) is 19.7 Å². The predicted molar refractivity (Wildman–Crippen MR) is 120 cm³/mol. The van der Waals surface area contributed by atoms with Gasteiger partial charge in [-0.15, -0.1) is 10.2 Å². The number of halogens is 3. The van der Waals surface area contributed by atoms with Crippen LogP contribution in [0.25, 0.3) is 17.1 Å². The largest absolute Gasteiger partial charge is 0.416 e. The maximum Gasteiger partial charge on any atom is 0.416 e. The molecule has 2 aromatic carbocycles. The topological polar surface area (TPSA) is 96.5 Å². The zero-order valence-electron chi connectivity index (χ0n) is 17.3. The van der Waals surface area contributed by atoms with Gasteiger partial charge in [-0.25, -0.2) is 0 Å². The van der Waals surface area contributed by atoms with E-state index < -0.39 is 11.7 Å². The molecule has 0 bridgehead atoms. The van der Waals surface area contributed by atoms with Crippen LogP contribution in [0.15, 0.2) is 78.2 Å². The van der Waals surface area contributed by atoms with Crippen molar-refractivity contribution >= 4 is 23.4 Å². The molecule has 0 fully saturated rings. The Morgan fingerprint density at radius 2 is 1.88 bits per heavy atom. The monoisotopic (exact) mass is 480 g/mol. The van der Waals surface area contributed by atoms with Crippen LogP contribution in [0.1, 0.15) is 11.1 Å². The Morgan fingerprint density at radius 1 is 1.09 bits per heavy atom. The molecule has 1 N–H and O–H groups in total. The molecule has 0 aliphatic rings. The van der Waals surface area contributed by atoms with E-state index >= 15 is 0 Å². The van der Waals surface area contributed by atoms with Crippen molar-refractivity contribution in [1.29, 1.82) is 5.26 Å². The minimum absolute atomic E-state index is 0.0653. The van der Waals surface area contributed by atoms with Gasteiger partial charge in [0.2, 0.25) is 5.91 Å². The molecule has 0 aliphatic heterocycles. The first kappa shape index (κ1) is 23.0. The Bertz CT molecular complexity index is 1350. The fourth-order valence-electron chi connectivity index (χ4n) is 3.05. The quantitative estimate of drug-likeness (QED) is 0.392. The van der Waals surface area contributed by atoms with E-state index in [1.165, 1.54) is 22.9 Å². The third-order valence-corrected chi connectivity index (χ3v) is 5.54. The number of alkyl halides is 3. The van der Waals surface area contributed by atoms with Gasteiger partial charge in [0.05, 0.1) is 28.6 Å². The Morgan fingerprint density at radius 3 is 2.56 bits per heavy atom. The fourth-order valence-corrected chi connectivity index (χ4v) is 3.81. The van der Waals surface area contributed by atoms with Crippen LogP contribution in [-0.4, -0.2) is 31.4 Å². The number of aromatic nitrogens is 4. The lowest BCUT2D eigenvalue weighted by atomic mass is 10.2. The molecular formula is C23H15F3N6OS. The molecule has 0 atom stereocenters. The summed E-state index contributed by atoms with van der Waals surface area (Å²) in [5, 5.41) is 20.1. The third kappa shape index (κ3) is 5.24. The summed E-state index contributed by atoms with van der Waals surface area (Å²) in [5.74, 6) is -0.122. The number of nitriles is 1. The Hall–Kier alpha value is -4.17. The summed E-state index contributed by atoms with van der Waals surface area (Å²) in [4.78, 5) is 16.5. The highest BCUT2D eigenvalue weighted by atomic mass is 32.2. The van der Waals surface area contributed by atoms with Crippen LogP contribution >= 0.6 is 11.8 Å². The molecule has 0 radical (unpaired) electrons. The summed E-state index contributed by atoms with van der Waals surface area (Å²) in [6.07, 6.45) is -1.43. The van der Waals surface area contributed by atoms with Gasteiger partial charge in [0.15, 0.2) is 11.0 Å². The number of amides is 1. The maximum absolute atomic E-state index is 13.3. The van der Waals surface area contributed by atoms with Crippen molar-refractivity contribution in [3.63, 3.8) is 0 Å². The number of benzene rings is 2. The summed E-state index contributed by atoms with van der Waals surface area (Å²) >= 11 is 1.03. The lowest BCUT2D eigenvalue weighted by Gasteiger charge is -2.13. The lowest BCUT2D eigenvalue weighted by Crippen LogP contribution is -2.14. The number of carbonyl (C=O) groups is 1. The molecular weight excluding hydrogens is 465 g/mol. The summed E-state index contributed by atoms with van der Waals surface area (Å²) < 4.78 is 41.4. The lowest BCUT2D eigenvalue weighted by molar-refractivity contribution is -0.137. The number of rotatable bonds is 6. The van der Waals surface area contributed by atoms with Crippen molar-refractivity contribution < 1.29 is 18.0 Å². The van der Waals surface area contributed by atoms with Crippen LogP contribution in [0, 0.1) is 11.3 Å². The van der Waals surface area contributed by atoms with Crippen molar-refractivity contribution in [2.45, 2.75) is 11.3 Å². The molecule has 170 valence electrons. The first-order chi connectivity index (χ1) is 16.3. The number of nitrogens with one attached hydrogen (secondary N) is 1. The van der Waals surface area contributed by atoms with Crippen molar-refractivity contribution in [3.8, 4) is 23.1 Å². The fraction of sp³-hybridized carbons (Fsp3) is 0.0870. The van der Waals surface area contributed by atoms with Gasteiger partial charge in [-0.05, 0) is 54.6 Å². The standard InChI is InChI=1S/C23H15F3N6OS/c24-23(25,26)17-4-1-5-19(11-17)32-21(16-3-2-10-28-13-16)30-31-22(32)34-14-20(33)29-18-8-6-15(12-27)7-9-18/h1-11,13H,14H2,(H,29,33). The summed E-state index contributed by atoms with van der Waals surface area (Å²) in [7, 11) is 0. The Labute approximate surface area is 196 Å². The van der Waals surface area contributed by atoms with Gasteiger partial charge < -0.3 is 5.32 Å². The average molecular weight is 480 g/mol. The molecule has 11 heteroatoms. The number of hydrogen-bond acceptors (Lipinski definition) is 6. The van der Waals surface area contributed by atoms with Crippen molar-refractivity contribution in [2.24, 2.45) is 0 Å². The van der Waals surface area contributed by atoms with Gasteiger partial charge in [0, 0.05) is 23.6 Å². The molecule has 4 rings (SSSR count). The zero-order valence-corrected chi connectivity index (χ0v) is 18.1. The normalized spacial score (nSPS) is 11.1. The molecule has 0 unspecified atom stereocenters. The van der Waals surface area contributed by atoms with Crippen molar-refractivity contribution in [3.05, 3.63) is 84.2 Å². The SMILES string of the molecule is N#Cc1ccc(NC(=O)CSc2nnc(-c3cccnc3)n2-c2cccc(C(F)(F)F)c2)cc1. The van der Waals surface area contributed by atoms with Crippen LogP contribution in [0.4, 0.5) is 18.9 Å². The third-order valence-electron chi connectivity index (χ3n) is 4.61. The molecule has 0 aliphatic carbocycles. The minimum Gasteiger partial charge on any atom is -0.325 e. The second-order valence-corrected chi connectivity index (χ2v) is 7.90. The number of nitrogens with zero attached hydrogens (tertiary/aromatic N) is 5. The first-order valence-corrected chi connectivity index (χ1v) is 10.8. The Kier molecular flexibility index (Phi) is 6.60. The van der Waals surface area contributed by atoms with E-state index in [2.05, 4.69) is 20.5 Å². The highest BCUT2D eigenvalue weighted by Crippen LogP contribution is 2.33. The van der Waals surface area contributed by atoms with Crippen molar-refractivity contribution in [2.75, 3.05) is 11.1 Å². The molecule has 0 saturated carbocycles. The minimum atomic E-state index is -4.52. The van der Waals surface area contributed by atoms with Gasteiger partial charge >= 0.3 is 6.18 Å². The number of carbonyl (C=O) groups excluding carboxylic acids is 1. The molecule has 1 amide bonds. The zero-order chi connectivity index (χ0) is 24.1. The number of pyridine rings is 1. The maximum atomic E-state index is 13.3. The van der Waals surface area contributed by atoms with E-state index in [1.807, 2.05) is 6.07 Å². The molecule has 4 aromatic rings. The van der Waals surface area contributed by atoms with E-state index in [0.717, 1.165) is 23.9 Å². The van der Waals surface area contributed by atoms with Gasteiger partial charge in [-0.2, -0.15) is 18.4 Å². The average Bonchev–Trinajstić information content (AvgIpc) is 3.27. The van der Waals surface area contributed by atoms with Gasteiger partial charge in [0.25, 0.3) is 0 Å². The van der Waals surface area contributed by atoms with E-state index in [1.54, 1.807) is 42.6 Å². The molecule has 0 spiro atoms. The predicted octanol–water partition coefficient (Wildman–Crippen LogP) is 4.95. The number of anilines is 1. The molecule has 7 nitrogen and oxygen atoms in total. The summed E-state index contributed by atoms with van der Waals surface area (Å²) in [6.45, 7) is 0. The van der Waals surface area contributed by atoms with Gasteiger partial charge in [-0.1, -0.05) is 17.8 Å². The first-order valence-electron chi connectivity index (χ1n) is 9.81. The van der Waals surface area contributed by atoms with E-state index in [9.17, 15) is 18.0 Å². The molecule has 34 heavy (non-hydrogen) atoms. The Balaban J connectivity index is 1.62. The molecule has 2 aromatic heterocycles. The van der Waals surface area contributed by atoms with Gasteiger partial charge in [-0.3, -0.25) is 14.3 Å². The van der Waals surface area contributed by atoms with Crippen LogP contribution < -0.4 is 5.32 Å². The van der Waals surface area contributed by atoms with Crippen LogP contribution in [-0.2, 0) is 11.0 Å². The number of hydrogen-bond donors (Lipinski definition) is 1. The summed E-state index contributed by atoms with van der Waals surface area (Å²) in [5.41, 5.74) is 0.921. The van der Waals surface area contributed by atoms with Crippen LogP contribution in [0.5, 0.6) is 0 Å². The summed E-state index contributed by atoms with van der Waals surface area (Å²) in [6, 6.07) is 16.6. The van der Waals surface area contributed by atoms with E-state index in [4.69, 9.17) is 5.26 Å². The highest BCUT2D eigenvalue weighted by molar-refractivity contribution is 7.99. The van der Waals surface area contributed by atoms with Crippen LogP contribution in [0.3, 0.4) is 0 Å². The van der Waals surface area contributed by atoms with Crippen LogP contribution in [0.2, 0.25) is 0 Å².